The average molecular weight is 414 g/mol. The van der Waals surface area contributed by atoms with E-state index in [1.807, 2.05) is 4.90 Å². The Bertz CT molecular complexity index is 886. The molecule has 2 aromatic rings. The number of carbonyl (C=O) groups is 1. The largest absolute Gasteiger partial charge is 0.416 e. The summed E-state index contributed by atoms with van der Waals surface area (Å²) in [4.78, 5) is 16.2. The van der Waals surface area contributed by atoms with Gasteiger partial charge in [-0.05, 0) is 35.6 Å². The number of anilines is 1. The van der Waals surface area contributed by atoms with Crippen LogP contribution in [0.5, 0.6) is 0 Å². The summed E-state index contributed by atoms with van der Waals surface area (Å²) in [5, 5.41) is 4.23. The zero-order chi connectivity index (χ0) is 20.1. The molecular weight excluding hydrogens is 395 g/mol. The van der Waals surface area contributed by atoms with Crippen molar-refractivity contribution in [2.24, 2.45) is 11.8 Å². The highest BCUT2D eigenvalue weighted by molar-refractivity contribution is 6.30. The molecule has 2 aliphatic heterocycles. The number of hydrogen-bond donors (Lipinski definition) is 1. The smallest absolute Gasteiger partial charge is 0.396 e. The normalized spacial score (nSPS) is 22.6. The highest BCUT2D eigenvalue weighted by Crippen LogP contribution is 2.36. The zero-order valence-electron chi connectivity index (χ0n) is 14.9. The number of amides is 1. The molecule has 0 aliphatic carbocycles. The van der Waals surface area contributed by atoms with Crippen LogP contribution < -0.4 is 5.73 Å². The topological polar surface area (TPSA) is 67.4 Å². The maximum absolute atomic E-state index is 13.3. The molecule has 2 fully saturated rings. The van der Waals surface area contributed by atoms with Gasteiger partial charge in [0.2, 0.25) is 0 Å². The van der Waals surface area contributed by atoms with Gasteiger partial charge in [0.15, 0.2) is 0 Å². The Morgan fingerprint density at radius 2 is 1.89 bits per heavy atom. The number of fused-ring (bicyclic) bond motifs is 1. The minimum Gasteiger partial charge on any atom is -0.396 e. The lowest BCUT2D eigenvalue weighted by molar-refractivity contribution is -0.138. The van der Waals surface area contributed by atoms with E-state index in [0.717, 1.165) is 6.07 Å². The van der Waals surface area contributed by atoms with Gasteiger partial charge in [0.1, 0.15) is 0 Å². The van der Waals surface area contributed by atoms with Crippen LogP contribution in [0.15, 0.2) is 30.6 Å². The molecule has 4 rings (SSSR count). The average Bonchev–Trinajstić information content (AvgIpc) is 3.27. The van der Waals surface area contributed by atoms with Gasteiger partial charge in [0.05, 0.1) is 23.6 Å². The Hall–Kier alpha value is -2.26. The monoisotopic (exact) mass is 413 g/mol. The molecule has 3 heterocycles. The molecule has 10 heteroatoms. The molecular formula is C18H19ClF3N5O. The summed E-state index contributed by atoms with van der Waals surface area (Å²) < 4.78 is 41.0. The first-order valence-electron chi connectivity index (χ1n) is 8.88. The van der Waals surface area contributed by atoms with E-state index in [1.165, 1.54) is 29.2 Å². The molecule has 2 saturated heterocycles. The van der Waals surface area contributed by atoms with Crippen LogP contribution in [-0.4, -0.2) is 51.8 Å². The predicted molar refractivity (Wildman–Crippen MR) is 97.7 cm³/mol. The van der Waals surface area contributed by atoms with Crippen molar-refractivity contribution in [2.45, 2.75) is 12.7 Å². The van der Waals surface area contributed by atoms with Crippen LogP contribution in [0.2, 0.25) is 5.02 Å². The molecule has 1 aromatic carbocycles. The highest BCUT2D eigenvalue weighted by Gasteiger charge is 2.42. The molecule has 0 radical (unpaired) electrons. The van der Waals surface area contributed by atoms with Crippen LogP contribution >= 0.6 is 11.6 Å². The summed E-state index contributed by atoms with van der Waals surface area (Å²) in [5.41, 5.74) is 5.55. The molecule has 2 N–H and O–H groups in total. The number of hydrogen-bond acceptors (Lipinski definition) is 4. The van der Waals surface area contributed by atoms with Crippen LogP contribution in [0.25, 0.3) is 0 Å². The lowest BCUT2D eigenvalue weighted by Crippen LogP contribution is -2.36. The quantitative estimate of drug-likeness (QED) is 0.821. The number of benzene rings is 1. The number of aromatic nitrogens is 2. The summed E-state index contributed by atoms with van der Waals surface area (Å²) in [6.45, 7) is 2.58. The molecule has 28 heavy (non-hydrogen) atoms. The molecule has 150 valence electrons. The fourth-order valence-corrected chi connectivity index (χ4v) is 4.37. The number of alkyl halides is 3. The van der Waals surface area contributed by atoms with Crippen LogP contribution in [0.1, 0.15) is 11.1 Å². The summed E-state index contributed by atoms with van der Waals surface area (Å²) >= 11 is 5.91. The second-order valence-electron chi connectivity index (χ2n) is 7.42. The molecule has 0 saturated carbocycles. The maximum Gasteiger partial charge on any atom is 0.416 e. The third kappa shape index (κ3) is 3.68. The van der Waals surface area contributed by atoms with Crippen molar-refractivity contribution in [1.82, 2.24) is 19.6 Å². The van der Waals surface area contributed by atoms with Crippen LogP contribution in [0.4, 0.5) is 23.7 Å². The second-order valence-corrected chi connectivity index (χ2v) is 7.86. The summed E-state index contributed by atoms with van der Waals surface area (Å²) in [7, 11) is 0. The van der Waals surface area contributed by atoms with E-state index in [1.54, 1.807) is 4.90 Å². The van der Waals surface area contributed by atoms with Gasteiger partial charge < -0.3 is 10.6 Å². The van der Waals surface area contributed by atoms with Gasteiger partial charge in [-0.3, -0.25) is 4.90 Å². The third-order valence-corrected chi connectivity index (χ3v) is 5.63. The standard InChI is InChI=1S/C18H19ClF3N5O/c19-14-1-2-16(18(20,21)22)11(3-14)5-25-6-12-8-26(9-13(12)7-25)17(28)27-10-15(23)4-24-27/h1-4,10,12-13H,5-9,23H2. The number of nitrogens with zero attached hydrogens (tertiary/aromatic N) is 4. The van der Waals surface area contributed by atoms with Crippen molar-refractivity contribution in [3.05, 3.63) is 46.7 Å². The van der Waals surface area contributed by atoms with Crippen molar-refractivity contribution < 1.29 is 18.0 Å². The van der Waals surface area contributed by atoms with Crippen molar-refractivity contribution in [3.8, 4) is 0 Å². The van der Waals surface area contributed by atoms with Crippen LogP contribution in [0.3, 0.4) is 0 Å². The Kier molecular flexibility index (Phi) is 4.75. The van der Waals surface area contributed by atoms with Gasteiger partial charge in [0, 0.05) is 37.7 Å². The first-order valence-corrected chi connectivity index (χ1v) is 9.26. The van der Waals surface area contributed by atoms with Gasteiger partial charge in [-0.2, -0.15) is 23.0 Å². The number of likely N-dealkylation sites (tertiary alicyclic amines) is 2. The molecule has 2 aliphatic rings. The van der Waals surface area contributed by atoms with Gasteiger partial charge in [-0.1, -0.05) is 11.6 Å². The fraction of sp³-hybridized carbons (Fsp3) is 0.444. The van der Waals surface area contributed by atoms with Gasteiger partial charge in [-0.15, -0.1) is 0 Å². The number of nitrogens with two attached hydrogens (primary N) is 1. The molecule has 1 aromatic heterocycles. The van der Waals surface area contributed by atoms with Crippen molar-refractivity contribution in [2.75, 3.05) is 31.9 Å². The third-order valence-electron chi connectivity index (χ3n) is 5.40. The van der Waals surface area contributed by atoms with E-state index in [2.05, 4.69) is 5.10 Å². The van der Waals surface area contributed by atoms with E-state index in [4.69, 9.17) is 17.3 Å². The predicted octanol–water partition coefficient (Wildman–Crippen LogP) is 3.17. The molecule has 6 nitrogen and oxygen atoms in total. The lowest BCUT2D eigenvalue weighted by atomic mass is 10.0. The van der Waals surface area contributed by atoms with E-state index < -0.39 is 11.7 Å². The number of carbonyl (C=O) groups excluding carboxylic acids is 1. The second kappa shape index (κ2) is 6.97. The summed E-state index contributed by atoms with van der Waals surface area (Å²) in [6, 6.07) is 3.45. The van der Waals surface area contributed by atoms with E-state index in [9.17, 15) is 18.0 Å². The number of nitrogen functional groups attached to an aromatic ring is 1. The molecule has 0 spiro atoms. The van der Waals surface area contributed by atoms with Crippen LogP contribution in [-0.2, 0) is 12.7 Å². The molecule has 2 atom stereocenters. The Morgan fingerprint density at radius 3 is 2.46 bits per heavy atom. The minimum absolute atomic E-state index is 0.180. The lowest BCUT2D eigenvalue weighted by Gasteiger charge is -2.23. The van der Waals surface area contributed by atoms with E-state index >= 15 is 0 Å². The van der Waals surface area contributed by atoms with Gasteiger partial charge in [-0.25, -0.2) is 4.79 Å². The number of halogens is 4. The number of rotatable bonds is 2. The molecule has 0 bridgehead atoms. The first-order chi connectivity index (χ1) is 13.2. The van der Waals surface area contributed by atoms with Gasteiger partial charge in [0.25, 0.3) is 0 Å². The SMILES string of the molecule is Nc1cnn(C(=O)N2CC3CN(Cc4cc(Cl)ccc4C(F)(F)F)CC3C2)c1. The van der Waals surface area contributed by atoms with Crippen molar-refractivity contribution in [1.29, 1.82) is 0 Å². The molecule has 1 amide bonds. The van der Waals surface area contributed by atoms with E-state index in [-0.39, 0.29) is 35.0 Å². The Balaban J connectivity index is 1.41. The Morgan fingerprint density at radius 1 is 1.21 bits per heavy atom. The fourth-order valence-electron chi connectivity index (χ4n) is 4.17. The minimum atomic E-state index is -4.41. The summed E-state index contributed by atoms with van der Waals surface area (Å²) in [6.07, 6.45) is -1.52. The first kappa shape index (κ1) is 19.1. The summed E-state index contributed by atoms with van der Waals surface area (Å²) in [5.74, 6) is 0.454. The maximum atomic E-state index is 13.3. The van der Waals surface area contributed by atoms with E-state index in [0.29, 0.717) is 31.9 Å². The molecule has 2 unspecified atom stereocenters. The van der Waals surface area contributed by atoms with Crippen LogP contribution in [0, 0.1) is 11.8 Å². The zero-order valence-corrected chi connectivity index (χ0v) is 15.6. The van der Waals surface area contributed by atoms with Crippen molar-refractivity contribution >= 4 is 23.3 Å². The Labute approximate surface area is 164 Å². The van der Waals surface area contributed by atoms with Gasteiger partial charge >= 0.3 is 12.2 Å². The van der Waals surface area contributed by atoms with Crippen molar-refractivity contribution in [3.63, 3.8) is 0 Å². The highest BCUT2D eigenvalue weighted by atomic mass is 35.5.